The maximum Gasteiger partial charge on any atom is 0.416 e. The number of halogens is 2. The van der Waals surface area contributed by atoms with Crippen molar-refractivity contribution >= 4 is 11.8 Å². The van der Waals surface area contributed by atoms with E-state index in [1.165, 1.54) is 34.5 Å². The summed E-state index contributed by atoms with van der Waals surface area (Å²) < 4.78 is 35.7. The van der Waals surface area contributed by atoms with Crippen LogP contribution in [-0.4, -0.2) is 45.7 Å². The number of cyclic esters (lactones) is 1. The summed E-state index contributed by atoms with van der Waals surface area (Å²) in [5.41, 5.74) is 0.121. The molecule has 1 amide bonds. The first-order chi connectivity index (χ1) is 13.1. The second-order valence-corrected chi connectivity index (χ2v) is 5.80. The Balaban J connectivity index is 1.65. The highest BCUT2D eigenvalue weighted by Gasteiger charge is 2.32. The van der Waals surface area contributed by atoms with Gasteiger partial charge < -0.3 is 4.74 Å². The molecule has 0 bridgehead atoms. The Labute approximate surface area is 152 Å². The summed E-state index contributed by atoms with van der Waals surface area (Å²) in [6.07, 6.45) is 2.97. The molecule has 138 valence electrons. The van der Waals surface area contributed by atoms with Crippen LogP contribution in [0.15, 0.2) is 43.1 Å². The molecule has 1 atom stereocenters. The van der Waals surface area contributed by atoms with E-state index < -0.39 is 24.0 Å². The Hall–Kier alpha value is -3.40. The van der Waals surface area contributed by atoms with E-state index in [2.05, 4.69) is 20.4 Å². The summed E-state index contributed by atoms with van der Waals surface area (Å²) in [7, 11) is 1.63. The molecule has 27 heavy (non-hydrogen) atoms. The van der Waals surface area contributed by atoms with Gasteiger partial charge in [-0.1, -0.05) is 0 Å². The Morgan fingerprint density at radius 3 is 2.59 bits per heavy atom. The molecule has 0 radical (unpaired) electrons. The van der Waals surface area contributed by atoms with Gasteiger partial charge in [0.1, 0.15) is 24.3 Å². The molecule has 3 heterocycles. The number of pyridine rings is 1. The second-order valence-electron chi connectivity index (χ2n) is 5.80. The molecule has 10 heteroatoms. The predicted octanol–water partition coefficient (Wildman–Crippen LogP) is 2.11. The minimum Gasteiger partial charge on any atom is -0.428 e. The predicted molar refractivity (Wildman–Crippen MR) is 91.2 cm³/mol. The zero-order valence-electron chi connectivity index (χ0n) is 14.1. The lowest BCUT2D eigenvalue weighted by molar-refractivity contribution is 0.128. The SMILES string of the molecule is CN[C@@H]1CN(c2cc(F)c(-c3ccc(-n4cncn4)nc3)c(F)c2)C(=O)O1. The zero-order chi connectivity index (χ0) is 19.0. The molecule has 1 fully saturated rings. The van der Waals surface area contributed by atoms with E-state index in [4.69, 9.17) is 4.74 Å². The number of carbonyl (C=O) groups is 1. The van der Waals surface area contributed by atoms with E-state index in [-0.39, 0.29) is 23.4 Å². The fourth-order valence-corrected chi connectivity index (χ4v) is 2.81. The van der Waals surface area contributed by atoms with Gasteiger partial charge in [-0.15, -0.1) is 0 Å². The van der Waals surface area contributed by atoms with Gasteiger partial charge in [-0.05, 0) is 31.3 Å². The second kappa shape index (κ2) is 6.72. The van der Waals surface area contributed by atoms with Crippen LogP contribution in [0.25, 0.3) is 16.9 Å². The van der Waals surface area contributed by atoms with Crippen molar-refractivity contribution in [3.05, 3.63) is 54.8 Å². The van der Waals surface area contributed by atoms with Crippen LogP contribution in [0, 0.1) is 11.6 Å². The first-order valence-electron chi connectivity index (χ1n) is 8.02. The van der Waals surface area contributed by atoms with Gasteiger partial charge in [0.2, 0.25) is 0 Å². The van der Waals surface area contributed by atoms with Crippen LogP contribution in [-0.2, 0) is 4.74 Å². The average Bonchev–Trinajstić information content (AvgIpc) is 3.31. The number of anilines is 1. The number of hydrogen-bond donors (Lipinski definition) is 1. The van der Waals surface area contributed by atoms with E-state index in [0.717, 1.165) is 12.1 Å². The van der Waals surface area contributed by atoms with Crippen molar-refractivity contribution in [1.82, 2.24) is 25.1 Å². The third kappa shape index (κ3) is 3.10. The normalized spacial score (nSPS) is 16.6. The van der Waals surface area contributed by atoms with Crippen molar-refractivity contribution in [2.75, 3.05) is 18.5 Å². The van der Waals surface area contributed by atoms with Gasteiger partial charge in [0, 0.05) is 11.8 Å². The molecule has 1 aliphatic rings. The number of nitrogens with one attached hydrogen (secondary N) is 1. The number of amides is 1. The highest BCUT2D eigenvalue weighted by molar-refractivity contribution is 5.90. The molecule has 1 saturated heterocycles. The summed E-state index contributed by atoms with van der Waals surface area (Å²) in [6, 6.07) is 5.31. The smallest absolute Gasteiger partial charge is 0.416 e. The van der Waals surface area contributed by atoms with Gasteiger partial charge in [-0.3, -0.25) is 10.2 Å². The topological polar surface area (TPSA) is 85.2 Å². The highest BCUT2D eigenvalue weighted by atomic mass is 19.1. The van der Waals surface area contributed by atoms with Crippen LogP contribution in [0.1, 0.15) is 0 Å². The largest absolute Gasteiger partial charge is 0.428 e. The molecule has 0 unspecified atom stereocenters. The lowest BCUT2D eigenvalue weighted by atomic mass is 10.1. The Morgan fingerprint density at radius 1 is 1.26 bits per heavy atom. The van der Waals surface area contributed by atoms with Gasteiger partial charge >= 0.3 is 6.09 Å². The van der Waals surface area contributed by atoms with Crippen molar-refractivity contribution in [3.63, 3.8) is 0 Å². The maximum atomic E-state index is 14.6. The number of carbonyl (C=O) groups excluding carboxylic acids is 1. The number of hydrogen-bond acceptors (Lipinski definition) is 6. The van der Waals surface area contributed by atoms with E-state index in [0.29, 0.717) is 5.82 Å². The van der Waals surface area contributed by atoms with Gasteiger partial charge in [0.25, 0.3) is 0 Å². The summed E-state index contributed by atoms with van der Waals surface area (Å²) in [5.74, 6) is -1.14. The minimum absolute atomic E-state index is 0.0868. The highest BCUT2D eigenvalue weighted by Crippen LogP contribution is 2.31. The molecule has 2 aromatic heterocycles. The van der Waals surface area contributed by atoms with Crippen LogP contribution in [0.4, 0.5) is 19.3 Å². The first kappa shape index (κ1) is 17.0. The molecule has 0 spiro atoms. The van der Waals surface area contributed by atoms with Crippen molar-refractivity contribution in [3.8, 4) is 16.9 Å². The third-order valence-corrected chi connectivity index (χ3v) is 4.16. The average molecular weight is 372 g/mol. The molecule has 1 aliphatic heterocycles. The zero-order valence-corrected chi connectivity index (χ0v) is 14.1. The molecule has 0 aliphatic carbocycles. The molecular formula is C17H14F2N6O2. The van der Waals surface area contributed by atoms with Gasteiger partial charge in [-0.2, -0.15) is 5.10 Å². The Morgan fingerprint density at radius 2 is 2.04 bits per heavy atom. The van der Waals surface area contributed by atoms with Crippen LogP contribution in [0.3, 0.4) is 0 Å². The van der Waals surface area contributed by atoms with Crippen molar-refractivity contribution in [2.24, 2.45) is 0 Å². The number of aromatic nitrogens is 4. The van der Waals surface area contributed by atoms with Crippen molar-refractivity contribution < 1.29 is 18.3 Å². The fourth-order valence-electron chi connectivity index (χ4n) is 2.81. The summed E-state index contributed by atoms with van der Waals surface area (Å²) >= 11 is 0. The number of rotatable bonds is 4. The molecule has 8 nitrogen and oxygen atoms in total. The standard InChI is InChI=1S/C17H14F2N6O2/c1-20-15-7-24(17(26)27-15)11-4-12(18)16(13(19)5-11)10-2-3-14(22-6-10)25-9-21-8-23-25/h2-6,8-9,15,20H,7H2,1H3/t15-/m0/s1. The van der Waals surface area contributed by atoms with Gasteiger partial charge in [0.05, 0.1) is 17.8 Å². The molecule has 4 rings (SSSR count). The minimum atomic E-state index is -0.805. The number of benzene rings is 1. The Kier molecular flexibility index (Phi) is 4.24. The van der Waals surface area contributed by atoms with Gasteiger partial charge in [0.15, 0.2) is 12.0 Å². The third-order valence-electron chi connectivity index (χ3n) is 4.16. The van der Waals surface area contributed by atoms with Crippen LogP contribution in [0.5, 0.6) is 0 Å². The quantitative estimate of drug-likeness (QED) is 0.755. The molecule has 0 saturated carbocycles. The number of ether oxygens (including phenoxy) is 1. The van der Waals surface area contributed by atoms with E-state index >= 15 is 0 Å². The fraction of sp³-hybridized carbons (Fsp3) is 0.176. The number of likely N-dealkylation sites (N-methyl/N-ethyl adjacent to an activating group) is 1. The van der Waals surface area contributed by atoms with E-state index in [1.54, 1.807) is 13.1 Å². The van der Waals surface area contributed by atoms with E-state index in [1.807, 2.05) is 0 Å². The first-order valence-corrected chi connectivity index (χ1v) is 8.02. The van der Waals surface area contributed by atoms with Crippen LogP contribution < -0.4 is 10.2 Å². The van der Waals surface area contributed by atoms with Crippen LogP contribution in [0.2, 0.25) is 0 Å². The van der Waals surface area contributed by atoms with Crippen molar-refractivity contribution in [2.45, 2.75) is 6.23 Å². The molecule has 3 aromatic rings. The van der Waals surface area contributed by atoms with Crippen molar-refractivity contribution in [1.29, 1.82) is 0 Å². The molecule has 1 aromatic carbocycles. The summed E-state index contributed by atoms with van der Waals surface area (Å²) in [4.78, 5) is 21.0. The number of nitrogens with zero attached hydrogens (tertiary/aromatic N) is 5. The van der Waals surface area contributed by atoms with Crippen LogP contribution >= 0.6 is 0 Å². The summed E-state index contributed by atoms with van der Waals surface area (Å²) in [5, 5.41) is 6.73. The monoisotopic (exact) mass is 372 g/mol. The lowest BCUT2D eigenvalue weighted by Gasteiger charge is -2.15. The summed E-state index contributed by atoms with van der Waals surface area (Å²) in [6.45, 7) is 0.154. The molecular weight excluding hydrogens is 358 g/mol. The van der Waals surface area contributed by atoms with Gasteiger partial charge in [-0.25, -0.2) is 28.2 Å². The Bertz CT molecular complexity index is 955. The lowest BCUT2D eigenvalue weighted by Crippen LogP contribution is -2.30. The van der Waals surface area contributed by atoms with E-state index in [9.17, 15) is 13.6 Å². The maximum absolute atomic E-state index is 14.6. The molecule has 1 N–H and O–H groups in total.